The number of hydrogen-bond acceptors (Lipinski definition) is 8. The first kappa shape index (κ1) is 17.9. The first-order chi connectivity index (χ1) is 10.7. The van der Waals surface area contributed by atoms with E-state index in [2.05, 4.69) is 30.7 Å². The van der Waals surface area contributed by atoms with E-state index in [1.54, 1.807) is 0 Å². The molecule has 0 radical (unpaired) electrons. The fourth-order valence-corrected chi connectivity index (χ4v) is 2.11. The number of carbonyl (C=O) groups is 2. The zero-order chi connectivity index (χ0) is 16.2. The molecule has 0 saturated carbocycles. The van der Waals surface area contributed by atoms with E-state index in [1.807, 2.05) is 0 Å². The fourth-order valence-electron chi connectivity index (χ4n) is 2.11. The highest BCUT2D eigenvalue weighted by Gasteiger charge is 2.16. The van der Waals surface area contributed by atoms with Crippen molar-refractivity contribution in [3.8, 4) is 0 Å². The summed E-state index contributed by atoms with van der Waals surface area (Å²) in [5.74, 6) is -0.827. The van der Waals surface area contributed by atoms with Crippen molar-refractivity contribution < 1.29 is 20.0 Å². The largest absolute Gasteiger partial charge is 0.411 e. The van der Waals surface area contributed by atoms with E-state index in [0.717, 1.165) is 51.7 Å². The Morgan fingerprint density at radius 3 is 1.55 bits per heavy atom. The lowest BCUT2D eigenvalue weighted by Gasteiger charge is -2.34. The lowest BCUT2D eigenvalue weighted by molar-refractivity contribution is -0.115. The van der Waals surface area contributed by atoms with Crippen molar-refractivity contribution in [1.82, 2.24) is 20.4 Å². The van der Waals surface area contributed by atoms with Crippen LogP contribution in [-0.4, -0.2) is 96.8 Å². The number of amides is 2. The van der Waals surface area contributed by atoms with Gasteiger partial charge in [-0.05, 0) is 0 Å². The van der Waals surface area contributed by atoms with Gasteiger partial charge in [-0.2, -0.15) is 0 Å². The highest BCUT2D eigenvalue weighted by atomic mass is 16.4. The van der Waals surface area contributed by atoms with Gasteiger partial charge >= 0.3 is 0 Å². The lowest BCUT2D eigenvalue weighted by Crippen LogP contribution is -2.50. The monoisotopic (exact) mass is 314 g/mol. The van der Waals surface area contributed by atoms with Crippen molar-refractivity contribution in [2.24, 2.45) is 10.3 Å². The Bertz CT molecular complexity index is 368. The molecular formula is C12H22N6O4. The third kappa shape index (κ3) is 7.55. The van der Waals surface area contributed by atoms with Gasteiger partial charge in [-0.15, -0.1) is 0 Å². The van der Waals surface area contributed by atoms with Crippen molar-refractivity contribution >= 4 is 24.2 Å². The molecule has 1 heterocycles. The normalized spacial score (nSPS) is 17.1. The lowest BCUT2D eigenvalue weighted by atomic mass is 10.3. The molecule has 1 saturated heterocycles. The Morgan fingerprint density at radius 1 is 0.864 bits per heavy atom. The van der Waals surface area contributed by atoms with Gasteiger partial charge in [0.25, 0.3) is 11.8 Å². The highest BCUT2D eigenvalue weighted by molar-refractivity contribution is 6.26. The van der Waals surface area contributed by atoms with Gasteiger partial charge in [0.2, 0.25) is 0 Å². The van der Waals surface area contributed by atoms with Gasteiger partial charge in [-0.1, -0.05) is 10.3 Å². The van der Waals surface area contributed by atoms with Crippen molar-refractivity contribution in [2.45, 2.75) is 0 Å². The third-order valence-corrected chi connectivity index (χ3v) is 3.27. The predicted octanol–water partition coefficient (Wildman–Crippen LogP) is -2.24. The number of hydrogen-bond donors (Lipinski definition) is 4. The van der Waals surface area contributed by atoms with Gasteiger partial charge in [0, 0.05) is 52.4 Å². The Hall–Kier alpha value is -2.20. The molecule has 0 bridgehead atoms. The maximum Gasteiger partial charge on any atom is 0.265 e. The van der Waals surface area contributed by atoms with Gasteiger partial charge in [0.05, 0.1) is 0 Å². The van der Waals surface area contributed by atoms with Crippen LogP contribution >= 0.6 is 0 Å². The van der Waals surface area contributed by atoms with E-state index in [0.29, 0.717) is 13.1 Å². The maximum atomic E-state index is 11.1. The molecule has 1 aliphatic rings. The number of nitrogens with zero attached hydrogens (tertiary/aromatic N) is 4. The fraction of sp³-hybridized carbons (Fsp3) is 0.667. The molecular weight excluding hydrogens is 292 g/mol. The van der Waals surface area contributed by atoms with Crippen LogP contribution < -0.4 is 10.6 Å². The summed E-state index contributed by atoms with van der Waals surface area (Å²) in [5.41, 5.74) is 0. The number of piperazine rings is 1. The van der Waals surface area contributed by atoms with Gasteiger partial charge in [-0.3, -0.25) is 19.4 Å². The highest BCUT2D eigenvalue weighted by Crippen LogP contribution is 1.99. The molecule has 0 aromatic heterocycles. The van der Waals surface area contributed by atoms with Crippen molar-refractivity contribution in [2.75, 3.05) is 52.4 Å². The van der Waals surface area contributed by atoms with E-state index in [-0.39, 0.29) is 0 Å². The minimum Gasteiger partial charge on any atom is -0.411 e. The topological polar surface area (TPSA) is 130 Å². The molecule has 1 rings (SSSR count). The second-order valence-corrected chi connectivity index (χ2v) is 4.75. The third-order valence-electron chi connectivity index (χ3n) is 3.27. The molecule has 2 amide bonds. The standard InChI is InChI=1S/C12H22N6O4/c19-11(9-15-21)13-1-3-17-5-7-18(8-6-17)4-2-14-12(20)10-16-22/h9-10,21-22H,1-8H2,(H,13,19)(H,14,20)/b15-9+,16-10+. The van der Waals surface area contributed by atoms with Crippen molar-refractivity contribution in [3.05, 3.63) is 0 Å². The average Bonchev–Trinajstić information content (AvgIpc) is 2.49. The minimum atomic E-state index is -0.414. The minimum absolute atomic E-state index is 0.414. The summed E-state index contributed by atoms with van der Waals surface area (Å²) >= 11 is 0. The molecule has 0 aliphatic carbocycles. The summed E-state index contributed by atoms with van der Waals surface area (Å²) in [4.78, 5) is 26.6. The smallest absolute Gasteiger partial charge is 0.265 e. The first-order valence-corrected chi connectivity index (χ1v) is 7.01. The summed E-state index contributed by atoms with van der Waals surface area (Å²) in [6, 6.07) is 0. The second-order valence-electron chi connectivity index (χ2n) is 4.75. The Morgan fingerprint density at radius 2 is 1.23 bits per heavy atom. The van der Waals surface area contributed by atoms with Gasteiger partial charge in [-0.25, -0.2) is 0 Å². The Kier molecular flexibility index (Phi) is 8.53. The molecule has 4 N–H and O–H groups in total. The van der Waals surface area contributed by atoms with Crippen LogP contribution in [0.1, 0.15) is 0 Å². The van der Waals surface area contributed by atoms with Crippen LogP contribution in [0.5, 0.6) is 0 Å². The second kappa shape index (κ2) is 10.5. The van der Waals surface area contributed by atoms with Crippen LogP contribution in [0.25, 0.3) is 0 Å². The van der Waals surface area contributed by atoms with Crippen LogP contribution in [0, 0.1) is 0 Å². The molecule has 22 heavy (non-hydrogen) atoms. The summed E-state index contributed by atoms with van der Waals surface area (Å²) in [7, 11) is 0. The predicted molar refractivity (Wildman–Crippen MR) is 79.5 cm³/mol. The molecule has 1 aliphatic heterocycles. The van der Waals surface area contributed by atoms with Gasteiger partial charge in [0.15, 0.2) is 0 Å². The molecule has 0 atom stereocenters. The van der Waals surface area contributed by atoms with Crippen LogP contribution in [0.3, 0.4) is 0 Å². The number of nitrogens with one attached hydrogen (secondary N) is 2. The zero-order valence-corrected chi connectivity index (χ0v) is 12.3. The molecule has 10 heteroatoms. The number of rotatable bonds is 8. The Balaban J connectivity index is 2.08. The van der Waals surface area contributed by atoms with Crippen LogP contribution in [0.4, 0.5) is 0 Å². The summed E-state index contributed by atoms with van der Waals surface area (Å²) in [6.07, 6.45) is 1.65. The van der Waals surface area contributed by atoms with Gasteiger partial charge < -0.3 is 21.0 Å². The van der Waals surface area contributed by atoms with Gasteiger partial charge in [0.1, 0.15) is 12.4 Å². The number of carbonyl (C=O) groups excluding carboxylic acids is 2. The average molecular weight is 314 g/mol. The summed E-state index contributed by atoms with van der Waals surface area (Å²) < 4.78 is 0. The molecule has 0 unspecified atom stereocenters. The first-order valence-electron chi connectivity index (χ1n) is 7.01. The van der Waals surface area contributed by atoms with E-state index < -0.39 is 11.8 Å². The molecule has 0 aromatic rings. The van der Waals surface area contributed by atoms with Crippen LogP contribution in [0.15, 0.2) is 10.3 Å². The van der Waals surface area contributed by atoms with E-state index in [9.17, 15) is 9.59 Å². The number of oxime groups is 2. The van der Waals surface area contributed by atoms with Crippen LogP contribution in [0.2, 0.25) is 0 Å². The molecule has 1 fully saturated rings. The molecule has 0 aromatic carbocycles. The molecule has 0 spiro atoms. The molecule has 10 nitrogen and oxygen atoms in total. The zero-order valence-electron chi connectivity index (χ0n) is 12.3. The summed E-state index contributed by atoms with van der Waals surface area (Å²) in [5, 5.41) is 26.9. The Labute approximate surface area is 128 Å². The van der Waals surface area contributed by atoms with E-state index >= 15 is 0 Å². The summed E-state index contributed by atoms with van der Waals surface area (Å²) in [6.45, 7) is 6.02. The quantitative estimate of drug-likeness (QED) is 0.228. The van der Waals surface area contributed by atoms with E-state index in [4.69, 9.17) is 10.4 Å². The maximum absolute atomic E-state index is 11.1. The molecule has 124 valence electrons. The van der Waals surface area contributed by atoms with Crippen molar-refractivity contribution in [1.29, 1.82) is 0 Å². The van der Waals surface area contributed by atoms with Crippen LogP contribution in [-0.2, 0) is 9.59 Å². The van der Waals surface area contributed by atoms with E-state index in [1.165, 1.54) is 0 Å². The van der Waals surface area contributed by atoms with Crippen molar-refractivity contribution in [3.63, 3.8) is 0 Å². The SMILES string of the molecule is O=C(/C=N/O)NCCN1CCN(CCNC(=O)/C=N/O)CC1.